The lowest BCUT2D eigenvalue weighted by Crippen LogP contribution is -2.61. The smallest absolute Gasteiger partial charge is 0.186 e. The summed E-state index contributed by atoms with van der Waals surface area (Å²) in [4.78, 5) is 0. The van der Waals surface area contributed by atoms with Crippen LogP contribution in [0.4, 0.5) is 0 Å². The van der Waals surface area contributed by atoms with Crippen molar-refractivity contribution in [1.29, 1.82) is 0 Å². The van der Waals surface area contributed by atoms with Gasteiger partial charge in [0.1, 0.15) is 24.4 Å². The zero-order valence-electron chi connectivity index (χ0n) is 25.7. The van der Waals surface area contributed by atoms with Gasteiger partial charge in [-0.05, 0) is 22.3 Å². The van der Waals surface area contributed by atoms with Crippen LogP contribution in [0.2, 0.25) is 0 Å². The van der Waals surface area contributed by atoms with Crippen LogP contribution in [-0.4, -0.2) is 57.6 Å². The molecular formula is C39H42O6. The fourth-order valence-corrected chi connectivity index (χ4v) is 5.22. The third-order valence-electron chi connectivity index (χ3n) is 7.49. The maximum atomic E-state index is 6.64. The minimum atomic E-state index is -0.678. The van der Waals surface area contributed by atoms with Crippen molar-refractivity contribution in [1.82, 2.24) is 0 Å². The second-order valence-corrected chi connectivity index (χ2v) is 10.8. The van der Waals surface area contributed by atoms with Crippen molar-refractivity contribution in [2.24, 2.45) is 0 Å². The van der Waals surface area contributed by atoms with Crippen LogP contribution in [0.1, 0.15) is 22.3 Å². The van der Waals surface area contributed by atoms with Crippen LogP contribution < -0.4 is 0 Å². The molecule has 0 N–H and O–H groups in total. The van der Waals surface area contributed by atoms with Crippen LogP contribution in [0, 0.1) is 0 Å². The maximum Gasteiger partial charge on any atom is 0.186 e. The first-order valence-electron chi connectivity index (χ1n) is 15.4. The lowest BCUT2D eigenvalue weighted by atomic mass is 9.98. The molecule has 1 aliphatic heterocycles. The van der Waals surface area contributed by atoms with Crippen LogP contribution >= 0.6 is 0 Å². The molecule has 1 heterocycles. The van der Waals surface area contributed by atoms with Gasteiger partial charge in [-0.2, -0.15) is 0 Å². The lowest BCUT2D eigenvalue weighted by molar-refractivity contribution is -0.320. The molecule has 6 heteroatoms. The van der Waals surface area contributed by atoms with E-state index in [9.17, 15) is 0 Å². The maximum absolute atomic E-state index is 6.64. The zero-order chi connectivity index (χ0) is 30.9. The molecule has 4 aromatic rings. The first-order valence-corrected chi connectivity index (χ1v) is 15.4. The van der Waals surface area contributed by atoms with E-state index in [0.29, 0.717) is 33.0 Å². The highest BCUT2D eigenvalue weighted by atomic mass is 16.7. The largest absolute Gasteiger partial charge is 0.375 e. The predicted octanol–water partition coefficient (Wildman–Crippen LogP) is 7.36. The molecule has 6 nitrogen and oxygen atoms in total. The Morgan fingerprint density at radius 3 is 1.58 bits per heavy atom. The Kier molecular flexibility index (Phi) is 13.1. The number of hydrogen-bond donors (Lipinski definition) is 0. The van der Waals surface area contributed by atoms with Crippen molar-refractivity contribution in [3.63, 3.8) is 0 Å². The number of ether oxygens (including phenoxy) is 6. The van der Waals surface area contributed by atoms with Gasteiger partial charge in [0.05, 0.1) is 33.0 Å². The van der Waals surface area contributed by atoms with Gasteiger partial charge in [0.15, 0.2) is 6.29 Å². The summed E-state index contributed by atoms with van der Waals surface area (Å²) in [5, 5.41) is 0. The fraction of sp³-hybridized carbons (Fsp3) is 0.282. The van der Waals surface area contributed by atoms with E-state index in [4.69, 9.17) is 28.4 Å². The highest BCUT2D eigenvalue weighted by Crippen LogP contribution is 2.30. The Morgan fingerprint density at radius 1 is 0.556 bits per heavy atom. The van der Waals surface area contributed by atoms with Crippen LogP contribution in [-0.2, 0) is 41.6 Å². The van der Waals surface area contributed by atoms with E-state index in [-0.39, 0.29) is 0 Å². The molecule has 0 aliphatic carbocycles. The van der Waals surface area contributed by atoms with Crippen LogP contribution in [0.15, 0.2) is 133 Å². The molecule has 0 amide bonds. The van der Waals surface area contributed by atoms with Crippen LogP contribution in [0.5, 0.6) is 0 Å². The number of rotatable bonds is 16. The Hall–Kier alpha value is -3.88. The average molecular weight is 607 g/mol. The summed E-state index contributed by atoms with van der Waals surface area (Å²) in [6.07, 6.45) is 5.44. The molecule has 0 spiro atoms. The highest BCUT2D eigenvalue weighted by Gasteiger charge is 2.48. The molecule has 4 aromatic carbocycles. The molecule has 234 valence electrons. The van der Waals surface area contributed by atoms with Crippen molar-refractivity contribution in [2.75, 3.05) is 26.9 Å². The normalized spacial score (nSPS) is 21.8. The summed E-state index contributed by atoms with van der Waals surface area (Å²) >= 11 is 0. The third kappa shape index (κ3) is 10.3. The summed E-state index contributed by atoms with van der Waals surface area (Å²) < 4.78 is 38.1. The van der Waals surface area contributed by atoms with Crippen molar-refractivity contribution in [3.8, 4) is 0 Å². The quantitative estimate of drug-likeness (QED) is 0.124. The number of benzene rings is 4. The lowest BCUT2D eigenvalue weighted by Gasteiger charge is -2.45. The predicted molar refractivity (Wildman–Crippen MR) is 177 cm³/mol. The van der Waals surface area contributed by atoms with Gasteiger partial charge in [-0.25, -0.2) is 0 Å². The first-order chi connectivity index (χ1) is 22.3. The van der Waals surface area contributed by atoms with Crippen LogP contribution in [0.3, 0.4) is 0 Å². The van der Waals surface area contributed by atoms with E-state index in [1.807, 2.05) is 121 Å². The summed E-state index contributed by atoms with van der Waals surface area (Å²) in [6, 6.07) is 40.5. The first kappa shape index (κ1) is 32.5. The minimum Gasteiger partial charge on any atom is -0.375 e. The summed E-state index contributed by atoms with van der Waals surface area (Å²) in [5.41, 5.74) is 4.33. The SMILES string of the molecule is CO[C@H]1O[C@H](COC/C=C/c2ccccc2)[C@@H](OC/C=C/c2ccccc2)[C@H](OCc2ccccc2)[C@H]1OCc1ccccc1. The highest BCUT2D eigenvalue weighted by molar-refractivity contribution is 5.49. The van der Waals surface area contributed by atoms with Crippen molar-refractivity contribution in [2.45, 2.75) is 43.9 Å². The van der Waals surface area contributed by atoms with E-state index in [0.717, 1.165) is 22.3 Å². The molecule has 45 heavy (non-hydrogen) atoms. The van der Waals surface area contributed by atoms with Crippen molar-refractivity contribution in [3.05, 3.63) is 156 Å². The minimum absolute atomic E-state index is 0.294. The molecule has 0 aromatic heterocycles. The fourth-order valence-electron chi connectivity index (χ4n) is 5.22. The van der Waals surface area contributed by atoms with E-state index < -0.39 is 30.7 Å². The molecule has 5 rings (SSSR count). The summed E-state index contributed by atoms with van der Waals surface area (Å²) in [7, 11) is 1.63. The summed E-state index contributed by atoms with van der Waals surface area (Å²) in [6.45, 7) is 1.85. The van der Waals surface area contributed by atoms with Gasteiger partial charge >= 0.3 is 0 Å². The summed E-state index contributed by atoms with van der Waals surface area (Å²) in [5.74, 6) is 0. The molecular weight excluding hydrogens is 564 g/mol. The van der Waals surface area contributed by atoms with Gasteiger partial charge in [-0.15, -0.1) is 0 Å². The van der Waals surface area contributed by atoms with Gasteiger partial charge in [-0.3, -0.25) is 0 Å². The van der Waals surface area contributed by atoms with Gasteiger partial charge in [0.25, 0.3) is 0 Å². The van der Waals surface area contributed by atoms with Gasteiger partial charge < -0.3 is 28.4 Å². The van der Waals surface area contributed by atoms with E-state index >= 15 is 0 Å². The molecule has 1 fully saturated rings. The van der Waals surface area contributed by atoms with E-state index in [1.54, 1.807) is 7.11 Å². The van der Waals surface area contributed by atoms with E-state index in [2.05, 4.69) is 24.3 Å². The van der Waals surface area contributed by atoms with Crippen molar-refractivity contribution >= 4 is 12.2 Å². The molecule has 0 radical (unpaired) electrons. The average Bonchev–Trinajstić information content (AvgIpc) is 3.10. The second-order valence-electron chi connectivity index (χ2n) is 10.8. The molecule has 1 saturated heterocycles. The molecule has 0 unspecified atom stereocenters. The second kappa shape index (κ2) is 18.2. The van der Waals surface area contributed by atoms with Gasteiger partial charge in [-0.1, -0.05) is 146 Å². The van der Waals surface area contributed by atoms with Crippen LogP contribution in [0.25, 0.3) is 12.2 Å². The van der Waals surface area contributed by atoms with Crippen molar-refractivity contribution < 1.29 is 28.4 Å². The topological polar surface area (TPSA) is 55.4 Å². The zero-order valence-corrected chi connectivity index (χ0v) is 25.7. The van der Waals surface area contributed by atoms with Gasteiger partial charge in [0, 0.05) is 7.11 Å². The Bertz CT molecular complexity index is 1410. The number of methoxy groups -OCH3 is 1. The third-order valence-corrected chi connectivity index (χ3v) is 7.49. The molecule has 0 saturated carbocycles. The Balaban J connectivity index is 1.34. The Morgan fingerprint density at radius 2 is 1.04 bits per heavy atom. The monoisotopic (exact) mass is 606 g/mol. The molecule has 1 aliphatic rings. The number of hydrogen-bond acceptors (Lipinski definition) is 6. The molecule has 0 bridgehead atoms. The molecule has 5 atom stereocenters. The standard InChI is InChI=1S/C39H42O6/c1-40-39-38(44-29-34-22-12-5-13-23-34)37(43-28-33-20-10-4-11-21-33)36(42-27-15-25-32-18-8-3-9-19-32)35(45-39)30-41-26-14-24-31-16-6-2-7-17-31/h2-25,35-39H,26-30H2,1H3/b24-14+,25-15+/t35-,36-,37+,38-,39+/m1/s1. The Labute approximate surface area is 266 Å². The van der Waals surface area contributed by atoms with E-state index in [1.165, 1.54) is 0 Å². The van der Waals surface area contributed by atoms with Gasteiger partial charge in [0.2, 0.25) is 0 Å².